The van der Waals surface area contributed by atoms with Gasteiger partial charge in [-0.25, -0.2) is 9.50 Å². The van der Waals surface area contributed by atoms with Gasteiger partial charge in [-0.05, 0) is 48.5 Å². The number of halogens is 1. The van der Waals surface area contributed by atoms with E-state index >= 15 is 0 Å². The van der Waals surface area contributed by atoms with Crippen molar-refractivity contribution in [3.8, 4) is 22.3 Å². The monoisotopic (exact) mass is 441 g/mol. The highest BCUT2D eigenvalue weighted by atomic mass is 35.5. The first kappa shape index (κ1) is 20.4. The molecule has 0 N–H and O–H groups in total. The van der Waals surface area contributed by atoms with Gasteiger partial charge >= 0.3 is 0 Å². The van der Waals surface area contributed by atoms with Gasteiger partial charge in [-0.2, -0.15) is 5.10 Å². The number of piperazine rings is 1. The quantitative estimate of drug-likeness (QED) is 0.384. The molecule has 7 heteroatoms. The van der Waals surface area contributed by atoms with E-state index in [9.17, 15) is 0 Å². The Kier molecular flexibility index (Phi) is 5.47. The van der Waals surface area contributed by atoms with Crippen molar-refractivity contribution in [1.82, 2.24) is 19.6 Å². The second-order valence-corrected chi connectivity index (χ2v) is 7.75. The lowest BCUT2D eigenvalue weighted by molar-refractivity contribution is 0.759. The third-order valence-electron chi connectivity index (χ3n) is 5.92. The summed E-state index contributed by atoms with van der Waals surface area (Å²) in [6.07, 6.45) is 7.70. The van der Waals surface area contributed by atoms with Crippen molar-refractivity contribution in [2.24, 2.45) is 0 Å². The Hall–Kier alpha value is -3.48. The number of pyridine rings is 1. The van der Waals surface area contributed by atoms with Crippen molar-refractivity contribution in [2.75, 3.05) is 31.1 Å². The van der Waals surface area contributed by atoms with Gasteiger partial charge in [-0.3, -0.25) is 4.98 Å². The third-order valence-corrected chi connectivity index (χ3v) is 5.92. The third kappa shape index (κ3) is 3.57. The lowest BCUT2D eigenvalue weighted by atomic mass is 10.0. The Morgan fingerprint density at radius 2 is 1.59 bits per heavy atom. The van der Waals surface area contributed by atoms with Gasteiger partial charge in [0.05, 0.1) is 11.7 Å². The lowest BCUT2D eigenvalue weighted by Crippen LogP contribution is -2.33. The van der Waals surface area contributed by atoms with E-state index in [0.717, 1.165) is 65.0 Å². The number of aromatic nitrogens is 4. The summed E-state index contributed by atoms with van der Waals surface area (Å²) in [5.74, 6) is 0. The Labute approximate surface area is 192 Å². The van der Waals surface area contributed by atoms with E-state index in [2.05, 4.69) is 50.6 Å². The molecular weight excluding hydrogens is 420 g/mol. The Morgan fingerprint density at radius 3 is 2.44 bits per heavy atom. The van der Waals surface area contributed by atoms with Crippen LogP contribution in [0.25, 0.3) is 44.1 Å². The standard InChI is InChI=1S/C25H21N6.ClH/c1-2-4-24-22(3-1)21(9-10-27-24)23-16-29-31-17-19(15-28-25(23)31)18-5-7-20(8-6-18)30-13-11-26-12-14-30;/h1-10,15-17H,11-14H2;1H/q-1;. The molecule has 160 valence electrons. The molecule has 32 heavy (non-hydrogen) atoms. The minimum absolute atomic E-state index is 0. The van der Waals surface area contributed by atoms with Crippen LogP contribution in [0.2, 0.25) is 0 Å². The van der Waals surface area contributed by atoms with E-state index < -0.39 is 0 Å². The number of hydrogen-bond donors (Lipinski definition) is 0. The van der Waals surface area contributed by atoms with E-state index in [4.69, 9.17) is 4.98 Å². The Balaban J connectivity index is 0.00000216. The molecule has 4 heterocycles. The first-order valence-corrected chi connectivity index (χ1v) is 10.5. The van der Waals surface area contributed by atoms with Crippen LogP contribution in [-0.4, -0.2) is 45.8 Å². The average molecular weight is 442 g/mol. The fraction of sp³-hybridized carbons (Fsp3) is 0.160. The van der Waals surface area contributed by atoms with Crippen LogP contribution in [-0.2, 0) is 0 Å². The van der Waals surface area contributed by atoms with Crippen LogP contribution in [0.15, 0.2) is 79.4 Å². The fourth-order valence-electron chi connectivity index (χ4n) is 4.27. The molecule has 0 aliphatic carbocycles. The molecule has 3 aromatic heterocycles. The van der Waals surface area contributed by atoms with E-state index in [1.54, 1.807) is 0 Å². The van der Waals surface area contributed by atoms with Crippen LogP contribution in [0.3, 0.4) is 0 Å². The molecule has 0 unspecified atom stereocenters. The summed E-state index contributed by atoms with van der Waals surface area (Å²) in [5, 5.41) is 10.1. The maximum atomic E-state index is 4.77. The highest BCUT2D eigenvalue weighted by molar-refractivity contribution is 5.97. The number of rotatable bonds is 3. The lowest BCUT2D eigenvalue weighted by Gasteiger charge is -2.37. The van der Waals surface area contributed by atoms with Gasteiger partial charge in [0.2, 0.25) is 0 Å². The van der Waals surface area contributed by atoms with Gasteiger partial charge in [0, 0.05) is 40.8 Å². The zero-order valence-corrected chi connectivity index (χ0v) is 18.2. The maximum Gasteiger partial charge on any atom is 0.162 e. The molecule has 0 saturated carbocycles. The molecule has 0 radical (unpaired) electrons. The normalized spacial score (nSPS) is 13.9. The van der Waals surface area contributed by atoms with Crippen LogP contribution in [0.4, 0.5) is 5.69 Å². The fourth-order valence-corrected chi connectivity index (χ4v) is 4.27. The summed E-state index contributed by atoms with van der Waals surface area (Å²) in [4.78, 5) is 11.6. The van der Waals surface area contributed by atoms with E-state index in [-0.39, 0.29) is 12.4 Å². The summed E-state index contributed by atoms with van der Waals surface area (Å²) >= 11 is 0. The predicted octanol–water partition coefficient (Wildman–Crippen LogP) is 5.23. The van der Waals surface area contributed by atoms with Crippen LogP contribution in [0.5, 0.6) is 0 Å². The van der Waals surface area contributed by atoms with Crippen molar-refractivity contribution in [3.05, 3.63) is 84.7 Å². The minimum Gasteiger partial charge on any atom is -0.659 e. The van der Waals surface area contributed by atoms with Gasteiger partial charge in [-0.15, -0.1) is 25.5 Å². The molecule has 1 aliphatic heterocycles. The first-order chi connectivity index (χ1) is 15.4. The van der Waals surface area contributed by atoms with Gasteiger partial charge in [0.1, 0.15) is 0 Å². The van der Waals surface area contributed by atoms with Crippen LogP contribution >= 0.6 is 12.4 Å². The molecule has 6 nitrogen and oxygen atoms in total. The largest absolute Gasteiger partial charge is 0.659 e. The number of anilines is 1. The summed E-state index contributed by atoms with van der Waals surface area (Å²) < 4.78 is 1.86. The molecule has 1 aliphatic rings. The molecule has 6 rings (SSSR count). The van der Waals surface area contributed by atoms with Gasteiger partial charge in [0.25, 0.3) is 0 Å². The topological polar surface area (TPSA) is 60.4 Å². The highest BCUT2D eigenvalue weighted by Crippen LogP contribution is 2.31. The van der Waals surface area contributed by atoms with E-state index in [1.807, 2.05) is 53.6 Å². The molecular formula is C25H22ClN6-. The summed E-state index contributed by atoms with van der Waals surface area (Å²) in [5.41, 5.74) is 7.34. The van der Waals surface area contributed by atoms with E-state index in [0.29, 0.717) is 0 Å². The number of benzene rings is 2. The Morgan fingerprint density at radius 1 is 0.781 bits per heavy atom. The van der Waals surface area contributed by atoms with Gasteiger partial charge in [0.15, 0.2) is 5.65 Å². The summed E-state index contributed by atoms with van der Waals surface area (Å²) in [6.45, 7) is 3.81. The van der Waals surface area contributed by atoms with Crippen LogP contribution in [0.1, 0.15) is 0 Å². The number of fused-ring (bicyclic) bond motifs is 2. The van der Waals surface area contributed by atoms with E-state index in [1.165, 1.54) is 5.69 Å². The summed E-state index contributed by atoms with van der Waals surface area (Å²) in [7, 11) is 0. The van der Waals surface area contributed by atoms with Crippen molar-refractivity contribution < 1.29 is 0 Å². The average Bonchev–Trinajstić information content (AvgIpc) is 3.27. The predicted molar refractivity (Wildman–Crippen MR) is 132 cm³/mol. The highest BCUT2D eigenvalue weighted by Gasteiger charge is 2.13. The molecule has 1 saturated heterocycles. The molecule has 0 amide bonds. The second-order valence-electron chi connectivity index (χ2n) is 7.75. The number of para-hydroxylation sites is 1. The molecule has 0 spiro atoms. The van der Waals surface area contributed by atoms with Crippen molar-refractivity contribution in [1.29, 1.82) is 0 Å². The van der Waals surface area contributed by atoms with Gasteiger partial charge < -0.3 is 10.2 Å². The van der Waals surface area contributed by atoms with Crippen molar-refractivity contribution in [2.45, 2.75) is 0 Å². The van der Waals surface area contributed by atoms with Crippen LogP contribution < -0.4 is 4.90 Å². The zero-order chi connectivity index (χ0) is 20.6. The van der Waals surface area contributed by atoms with Crippen LogP contribution in [0, 0.1) is 0 Å². The molecule has 5 aromatic rings. The maximum absolute atomic E-state index is 4.77. The van der Waals surface area contributed by atoms with Crippen molar-refractivity contribution in [3.63, 3.8) is 0 Å². The second kappa shape index (κ2) is 8.57. The Bertz CT molecular complexity index is 1370. The summed E-state index contributed by atoms with van der Waals surface area (Å²) in [6, 6.07) is 18.9. The van der Waals surface area contributed by atoms with Gasteiger partial charge in [-0.1, -0.05) is 30.3 Å². The SMILES string of the molecule is Cl.c1ccc2c(-c3cnn4cc(-c5ccc(N6CC[N-]CC6)cc5)cnc34)ccnc2c1. The molecule has 1 fully saturated rings. The minimum atomic E-state index is 0. The number of hydrogen-bond acceptors (Lipinski definition) is 4. The molecule has 2 aromatic carbocycles. The molecule has 0 bridgehead atoms. The first-order valence-electron chi connectivity index (χ1n) is 10.5. The zero-order valence-electron chi connectivity index (χ0n) is 17.4. The molecule has 0 atom stereocenters. The van der Waals surface area contributed by atoms with Crippen molar-refractivity contribution >= 4 is 34.6 Å². The number of nitrogens with zero attached hydrogens (tertiary/aromatic N) is 6. The smallest absolute Gasteiger partial charge is 0.162 e.